The third-order valence-electron chi connectivity index (χ3n) is 3.23. The Balaban J connectivity index is 2.33. The Kier molecular flexibility index (Phi) is 4.68. The van der Waals surface area contributed by atoms with Gasteiger partial charge in [-0.25, -0.2) is 9.78 Å². The van der Waals surface area contributed by atoms with Gasteiger partial charge in [-0.2, -0.15) is 0 Å². The number of nitrogens with zero attached hydrogens (tertiary/aromatic N) is 2. The summed E-state index contributed by atoms with van der Waals surface area (Å²) in [7, 11) is 0. The minimum atomic E-state index is -0.421. The molecule has 20 heavy (non-hydrogen) atoms. The molecule has 1 N–H and O–H groups in total. The summed E-state index contributed by atoms with van der Waals surface area (Å²) in [5, 5.41) is 7.36. The van der Waals surface area contributed by atoms with Crippen molar-refractivity contribution >= 4 is 18.0 Å². The second-order valence-corrected chi connectivity index (χ2v) is 4.61. The Hall–Kier alpha value is -1.95. The van der Waals surface area contributed by atoms with Crippen LogP contribution in [0.2, 0.25) is 0 Å². The van der Waals surface area contributed by atoms with Crippen molar-refractivity contribution in [2.75, 3.05) is 31.3 Å². The Labute approximate surface area is 118 Å². The van der Waals surface area contributed by atoms with Crippen LogP contribution >= 0.6 is 0 Å². The molecular weight excluding hydrogens is 258 g/mol. The number of hydrogen-bond acceptors (Lipinski definition) is 6. The fourth-order valence-electron chi connectivity index (χ4n) is 2.18. The van der Waals surface area contributed by atoms with Crippen molar-refractivity contribution in [2.45, 2.75) is 19.9 Å². The average molecular weight is 277 g/mol. The molecule has 0 bridgehead atoms. The van der Waals surface area contributed by atoms with E-state index in [-0.39, 0.29) is 6.04 Å². The lowest BCUT2D eigenvalue weighted by atomic mass is 10.1. The lowest BCUT2D eigenvalue weighted by Gasteiger charge is -2.34. The highest BCUT2D eigenvalue weighted by atomic mass is 16.5. The van der Waals surface area contributed by atoms with Crippen LogP contribution in [-0.2, 0) is 9.47 Å². The fraction of sp³-hybridized carbons (Fsp3) is 0.500. The van der Waals surface area contributed by atoms with Crippen molar-refractivity contribution in [3.05, 3.63) is 23.4 Å². The van der Waals surface area contributed by atoms with E-state index >= 15 is 0 Å². The van der Waals surface area contributed by atoms with Gasteiger partial charge >= 0.3 is 5.97 Å². The normalized spacial score (nSPS) is 18.7. The molecule has 0 saturated carbocycles. The molecule has 1 aromatic rings. The van der Waals surface area contributed by atoms with E-state index in [0.717, 1.165) is 18.6 Å². The second-order valence-electron chi connectivity index (χ2n) is 4.61. The maximum Gasteiger partial charge on any atom is 0.338 e. The number of morpholine rings is 1. The number of carbonyl (C=O) groups excluding carboxylic acids is 1. The van der Waals surface area contributed by atoms with Crippen molar-refractivity contribution in [3.63, 3.8) is 0 Å². The first-order chi connectivity index (χ1) is 9.67. The fourth-order valence-corrected chi connectivity index (χ4v) is 2.18. The molecule has 0 amide bonds. The Morgan fingerprint density at radius 2 is 2.50 bits per heavy atom. The van der Waals surface area contributed by atoms with E-state index in [4.69, 9.17) is 14.9 Å². The monoisotopic (exact) mass is 277 g/mol. The lowest BCUT2D eigenvalue weighted by Crippen LogP contribution is -2.44. The third kappa shape index (κ3) is 2.96. The van der Waals surface area contributed by atoms with E-state index in [0.29, 0.717) is 30.9 Å². The predicted octanol–water partition coefficient (Wildman–Crippen LogP) is 1.48. The zero-order valence-corrected chi connectivity index (χ0v) is 11.8. The van der Waals surface area contributed by atoms with Gasteiger partial charge in [0.05, 0.1) is 31.4 Å². The van der Waals surface area contributed by atoms with Crippen LogP contribution in [0.4, 0.5) is 5.82 Å². The zero-order chi connectivity index (χ0) is 14.5. The van der Waals surface area contributed by atoms with Crippen LogP contribution < -0.4 is 4.90 Å². The van der Waals surface area contributed by atoms with E-state index in [2.05, 4.69) is 16.8 Å². The Bertz CT molecular complexity index is 504. The number of nitrogens with one attached hydrogen (secondary N) is 1. The standard InChI is InChI=1S/C14H19N3O3/c1-3-20-14(18)12-6-13(16-8-11(12)7-15)17-4-5-19-9-10(17)2/h6-8,10,15H,3-5,9H2,1-2H3. The van der Waals surface area contributed by atoms with Crippen molar-refractivity contribution in [2.24, 2.45) is 0 Å². The molecule has 6 heteroatoms. The van der Waals surface area contributed by atoms with Gasteiger partial charge in [-0.15, -0.1) is 0 Å². The smallest absolute Gasteiger partial charge is 0.338 e. The molecule has 0 aromatic carbocycles. The van der Waals surface area contributed by atoms with Gasteiger partial charge in [0.1, 0.15) is 5.82 Å². The van der Waals surface area contributed by atoms with E-state index in [1.54, 1.807) is 13.0 Å². The quantitative estimate of drug-likeness (QED) is 0.666. The average Bonchev–Trinajstić information content (AvgIpc) is 2.47. The first-order valence-corrected chi connectivity index (χ1v) is 6.69. The molecule has 2 rings (SSSR count). The van der Waals surface area contributed by atoms with Gasteiger partial charge in [0, 0.05) is 24.5 Å². The summed E-state index contributed by atoms with van der Waals surface area (Å²) in [5.74, 6) is 0.296. The van der Waals surface area contributed by atoms with Gasteiger partial charge in [0.15, 0.2) is 0 Å². The van der Waals surface area contributed by atoms with Crippen LogP contribution in [0.5, 0.6) is 0 Å². The maximum absolute atomic E-state index is 11.9. The number of rotatable bonds is 4. The molecule has 1 aliphatic heterocycles. The lowest BCUT2D eigenvalue weighted by molar-refractivity contribution is 0.0526. The van der Waals surface area contributed by atoms with Crippen molar-refractivity contribution in [1.82, 2.24) is 4.98 Å². The maximum atomic E-state index is 11.9. The number of pyridine rings is 1. The topological polar surface area (TPSA) is 75.5 Å². The molecule has 1 saturated heterocycles. The largest absolute Gasteiger partial charge is 0.462 e. The molecule has 1 aliphatic rings. The third-order valence-corrected chi connectivity index (χ3v) is 3.23. The Morgan fingerprint density at radius 1 is 1.70 bits per heavy atom. The molecule has 1 aromatic heterocycles. The zero-order valence-electron chi connectivity index (χ0n) is 11.8. The molecule has 108 valence electrons. The number of anilines is 1. The van der Waals surface area contributed by atoms with Crippen molar-refractivity contribution in [3.8, 4) is 0 Å². The molecule has 2 heterocycles. The first kappa shape index (κ1) is 14.5. The van der Waals surface area contributed by atoms with Crippen LogP contribution in [-0.4, -0.2) is 49.6 Å². The van der Waals surface area contributed by atoms with Crippen LogP contribution in [0.15, 0.2) is 12.3 Å². The van der Waals surface area contributed by atoms with Crippen molar-refractivity contribution < 1.29 is 14.3 Å². The molecule has 1 atom stereocenters. The summed E-state index contributed by atoms with van der Waals surface area (Å²) in [6, 6.07) is 1.90. The van der Waals surface area contributed by atoms with Gasteiger partial charge < -0.3 is 19.8 Å². The number of ether oxygens (including phenoxy) is 2. The number of aromatic nitrogens is 1. The molecular formula is C14H19N3O3. The molecule has 0 aliphatic carbocycles. The van der Waals surface area contributed by atoms with Gasteiger partial charge in [-0.05, 0) is 19.9 Å². The van der Waals surface area contributed by atoms with Gasteiger partial charge in [0.2, 0.25) is 0 Å². The Morgan fingerprint density at radius 3 is 3.15 bits per heavy atom. The minimum absolute atomic E-state index is 0.206. The summed E-state index contributed by atoms with van der Waals surface area (Å²) < 4.78 is 10.4. The van der Waals surface area contributed by atoms with Crippen molar-refractivity contribution in [1.29, 1.82) is 5.41 Å². The summed E-state index contributed by atoms with van der Waals surface area (Å²) >= 11 is 0. The molecule has 1 fully saturated rings. The van der Waals surface area contributed by atoms with Crippen LogP contribution in [0.25, 0.3) is 0 Å². The molecule has 1 unspecified atom stereocenters. The number of esters is 1. The number of hydrogen-bond donors (Lipinski definition) is 1. The van der Waals surface area contributed by atoms with E-state index in [9.17, 15) is 4.79 Å². The highest BCUT2D eigenvalue weighted by Crippen LogP contribution is 2.20. The first-order valence-electron chi connectivity index (χ1n) is 6.69. The molecule has 6 nitrogen and oxygen atoms in total. The minimum Gasteiger partial charge on any atom is -0.462 e. The summed E-state index contributed by atoms with van der Waals surface area (Å²) in [6.45, 7) is 6.14. The van der Waals surface area contributed by atoms with Crippen LogP contribution in [0.1, 0.15) is 29.8 Å². The van der Waals surface area contributed by atoms with Crippen LogP contribution in [0, 0.1) is 5.41 Å². The summed E-state index contributed by atoms with van der Waals surface area (Å²) in [6.07, 6.45) is 2.66. The van der Waals surface area contributed by atoms with Gasteiger partial charge in [-0.1, -0.05) is 0 Å². The summed E-state index contributed by atoms with van der Waals surface area (Å²) in [5.41, 5.74) is 0.846. The van der Waals surface area contributed by atoms with E-state index in [1.165, 1.54) is 6.20 Å². The summed E-state index contributed by atoms with van der Waals surface area (Å²) in [4.78, 5) is 18.4. The highest BCUT2D eigenvalue weighted by Gasteiger charge is 2.22. The van der Waals surface area contributed by atoms with Crippen LogP contribution in [0.3, 0.4) is 0 Å². The van der Waals surface area contributed by atoms with Gasteiger partial charge in [0.25, 0.3) is 0 Å². The highest BCUT2D eigenvalue weighted by molar-refractivity contribution is 5.99. The SMILES string of the molecule is CCOC(=O)c1cc(N2CCOCC2C)ncc1C=N. The van der Waals surface area contributed by atoms with Gasteiger partial charge in [-0.3, -0.25) is 0 Å². The number of carbonyl (C=O) groups is 1. The second kappa shape index (κ2) is 6.47. The molecule has 0 radical (unpaired) electrons. The van der Waals surface area contributed by atoms with E-state index in [1.807, 2.05) is 0 Å². The van der Waals surface area contributed by atoms with E-state index < -0.39 is 5.97 Å². The predicted molar refractivity (Wildman–Crippen MR) is 75.7 cm³/mol. The molecule has 0 spiro atoms.